The van der Waals surface area contributed by atoms with Gasteiger partial charge in [-0.15, -0.1) is 0 Å². The minimum absolute atomic E-state index is 0.585. The fourth-order valence-electron chi connectivity index (χ4n) is 2.56. The van der Waals surface area contributed by atoms with E-state index in [4.69, 9.17) is 19.5 Å². The largest absolute Gasteiger partial charge is 0.377 e. The van der Waals surface area contributed by atoms with Crippen LogP contribution in [0.2, 0.25) is 0 Å². The van der Waals surface area contributed by atoms with E-state index in [0.29, 0.717) is 39.5 Å². The molecule has 1 aliphatic rings. The van der Waals surface area contributed by atoms with Gasteiger partial charge in [-0.05, 0) is 0 Å². The Labute approximate surface area is 142 Å². The van der Waals surface area contributed by atoms with Gasteiger partial charge in [0.15, 0.2) is 0 Å². The molecule has 0 unspecified atom stereocenters. The first kappa shape index (κ1) is 16.6. The molecule has 0 aliphatic carbocycles. The molecule has 1 heterocycles. The molecule has 0 amide bonds. The number of ether oxygens (including phenoxy) is 2. The fourth-order valence-corrected chi connectivity index (χ4v) is 2.56. The molecule has 0 spiro atoms. The Morgan fingerprint density at radius 3 is 1.38 bits per heavy atom. The van der Waals surface area contributed by atoms with Crippen LogP contribution in [-0.4, -0.2) is 50.9 Å². The van der Waals surface area contributed by atoms with Crippen LogP contribution >= 0.6 is 0 Å². The van der Waals surface area contributed by atoms with Gasteiger partial charge < -0.3 is 9.47 Å². The van der Waals surface area contributed by atoms with Gasteiger partial charge in [-0.1, -0.05) is 60.7 Å². The predicted molar refractivity (Wildman–Crippen MR) is 97.3 cm³/mol. The van der Waals surface area contributed by atoms with Gasteiger partial charge in [-0.3, -0.25) is 9.98 Å². The van der Waals surface area contributed by atoms with E-state index in [1.54, 1.807) is 0 Å². The minimum atomic E-state index is 0.585. The minimum Gasteiger partial charge on any atom is -0.377 e. The van der Waals surface area contributed by atoms with Gasteiger partial charge >= 0.3 is 0 Å². The van der Waals surface area contributed by atoms with Crippen molar-refractivity contribution in [1.82, 2.24) is 0 Å². The monoisotopic (exact) mass is 322 g/mol. The molecule has 3 rings (SSSR count). The van der Waals surface area contributed by atoms with Crippen LogP contribution in [0.15, 0.2) is 70.6 Å². The van der Waals surface area contributed by atoms with Gasteiger partial charge in [0.05, 0.1) is 50.9 Å². The first-order valence-electron chi connectivity index (χ1n) is 8.31. The summed E-state index contributed by atoms with van der Waals surface area (Å²) in [5, 5.41) is 0. The molecule has 0 aromatic heterocycles. The highest BCUT2D eigenvalue weighted by atomic mass is 16.5. The Balaban J connectivity index is 2.00. The van der Waals surface area contributed by atoms with Crippen molar-refractivity contribution in [2.24, 2.45) is 9.98 Å². The summed E-state index contributed by atoms with van der Waals surface area (Å²) < 4.78 is 11.1. The number of aliphatic imine (C=N–C) groups is 2. The van der Waals surface area contributed by atoms with Crippen molar-refractivity contribution in [1.29, 1.82) is 0 Å². The quantitative estimate of drug-likeness (QED) is 0.853. The van der Waals surface area contributed by atoms with Crippen molar-refractivity contribution in [2.45, 2.75) is 0 Å². The summed E-state index contributed by atoms with van der Waals surface area (Å²) in [6, 6.07) is 20.4. The molecule has 1 aliphatic heterocycles. The lowest BCUT2D eigenvalue weighted by Crippen LogP contribution is -2.21. The van der Waals surface area contributed by atoms with E-state index in [-0.39, 0.29) is 0 Å². The van der Waals surface area contributed by atoms with E-state index in [9.17, 15) is 0 Å². The van der Waals surface area contributed by atoms with E-state index in [0.717, 1.165) is 22.6 Å². The molecule has 24 heavy (non-hydrogen) atoms. The Bertz CT molecular complexity index is 620. The molecule has 0 fully saturated rings. The number of nitrogens with zero attached hydrogens (tertiary/aromatic N) is 2. The smallest absolute Gasteiger partial charge is 0.0905 e. The highest BCUT2D eigenvalue weighted by Crippen LogP contribution is 2.11. The number of benzene rings is 2. The molecule has 4 nitrogen and oxygen atoms in total. The zero-order chi connectivity index (χ0) is 16.5. The predicted octanol–water partition coefficient (Wildman–Crippen LogP) is 3.01. The first-order chi connectivity index (χ1) is 11.9. The van der Waals surface area contributed by atoms with Gasteiger partial charge in [0.25, 0.3) is 0 Å². The molecular weight excluding hydrogens is 300 g/mol. The van der Waals surface area contributed by atoms with Gasteiger partial charge in [0.1, 0.15) is 0 Å². The molecular formula is C20H22N2O2. The van der Waals surface area contributed by atoms with Gasteiger partial charge in [0, 0.05) is 11.1 Å². The molecule has 2 aromatic carbocycles. The Morgan fingerprint density at radius 1 is 0.542 bits per heavy atom. The maximum atomic E-state index is 5.56. The van der Waals surface area contributed by atoms with Gasteiger partial charge in [-0.25, -0.2) is 0 Å². The van der Waals surface area contributed by atoms with E-state index in [1.807, 2.05) is 36.4 Å². The van der Waals surface area contributed by atoms with Crippen LogP contribution in [0.4, 0.5) is 0 Å². The lowest BCUT2D eigenvalue weighted by Gasteiger charge is -2.13. The van der Waals surface area contributed by atoms with Crippen molar-refractivity contribution in [2.75, 3.05) is 39.5 Å². The lowest BCUT2D eigenvalue weighted by atomic mass is 9.99. The molecule has 0 atom stereocenters. The van der Waals surface area contributed by atoms with Gasteiger partial charge in [0.2, 0.25) is 0 Å². The maximum Gasteiger partial charge on any atom is 0.0905 e. The van der Waals surface area contributed by atoms with E-state index < -0.39 is 0 Å². The maximum absolute atomic E-state index is 5.56. The van der Waals surface area contributed by atoms with Crippen LogP contribution < -0.4 is 0 Å². The SMILES string of the molecule is c1ccc(C2=NCCOCCOCCN=C2c2ccccc2)cc1. The molecule has 0 saturated carbocycles. The van der Waals surface area contributed by atoms with E-state index in [1.165, 1.54) is 0 Å². The summed E-state index contributed by atoms with van der Waals surface area (Å²) in [6.07, 6.45) is 0. The highest BCUT2D eigenvalue weighted by Gasteiger charge is 2.14. The molecule has 0 radical (unpaired) electrons. The number of hydrogen-bond acceptors (Lipinski definition) is 4. The molecule has 0 N–H and O–H groups in total. The molecule has 4 heteroatoms. The van der Waals surface area contributed by atoms with E-state index in [2.05, 4.69) is 24.3 Å². The van der Waals surface area contributed by atoms with Crippen molar-refractivity contribution in [3.05, 3.63) is 71.8 Å². The summed E-state index contributed by atoms with van der Waals surface area (Å²) >= 11 is 0. The third kappa shape index (κ3) is 4.60. The van der Waals surface area contributed by atoms with Crippen LogP contribution in [0.5, 0.6) is 0 Å². The van der Waals surface area contributed by atoms with Crippen LogP contribution in [-0.2, 0) is 9.47 Å². The van der Waals surface area contributed by atoms with Crippen molar-refractivity contribution in [3.8, 4) is 0 Å². The second kappa shape index (κ2) is 9.11. The van der Waals surface area contributed by atoms with Crippen LogP contribution in [0.3, 0.4) is 0 Å². The van der Waals surface area contributed by atoms with Crippen LogP contribution in [0.1, 0.15) is 11.1 Å². The summed E-state index contributed by atoms with van der Waals surface area (Å²) in [5.41, 5.74) is 3.95. The average molecular weight is 322 g/mol. The van der Waals surface area contributed by atoms with Gasteiger partial charge in [-0.2, -0.15) is 0 Å². The first-order valence-corrected chi connectivity index (χ1v) is 8.31. The zero-order valence-corrected chi connectivity index (χ0v) is 13.7. The van der Waals surface area contributed by atoms with Crippen molar-refractivity contribution in [3.63, 3.8) is 0 Å². The van der Waals surface area contributed by atoms with E-state index >= 15 is 0 Å². The second-order valence-electron chi connectivity index (χ2n) is 5.42. The number of hydrogen-bond donors (Lipinski definition) is 0. The normalized spacial score (nSPS) is 17.2. The van der Waals surface area contributed by atoms with Crippen molar-refractivity contribution >= 4 is 11.4 Å². The number of rotatable bonds is 2. The standard InChI is InChI=1S/C20H22N2O2/c1-3-7-17(8-4-1)19-20(18-9-5-2-6-10-18)22-12-14-24-16-15-23-13-11-21-19/h1-10H,11-16H2. The van der Waals surface area contributed by atoms with Crippen molar-refractivity contribution < 1.29 is 9.47 Å². The molecule has 0 bridgehead atoms. The second-order valence-corrected chi connectivity index (χ2v) is 5.42. The van der Waals surface area contributed by atoms with Crippen LogP contribution in [0, 0.1) is 0 Å². The Hall–Kier alpha value is -2.30. The Morgan fingerprint density at radius 2 is 0.958 bits per heavy atom. The van der Waals surface area contributed by atoms with Crippen LogP contribution in [0.25, 0.3) is 0 Å². The fraction of sp³-hybridized carbons (Fsp3) is 0.300. The third-order valence-electron chi connectivity index (χ3n) is 3.70. The summed E-state index contributed by atoms with van der Waals surface area (Å²) in [7, 11) is 0. The summed E-state index contributed by atoms with van der Waals surface area (Å²) in [5.74, 6) is 0. The average Bonchev–Trinajstić information content (AvgIpc) is 2.64. The summed E-state index contributed by atoms with van der Waals surface area (Å²) in [6.45, 7) is 3.59. The molecule has 2 aromatic rings. The molecule has 124 valence electrons. The third-order valence-corrected chi connectivity index (χ3v) is 3.70. The Kier molecular flexibility index (Phi) is 6.28. The highest BCUT2D eigenvalue weighted by molar-refractivity contribution is 6.53. The zero-order valence-electron chi connectivity index (χ0n) is 13.7. The summed E-state index contributed by atoms with van der Waals surface area (Å²) in [4.78, 5) is 9.61. The lowest BCUT2D eigenvalue weighted by molar-refractivity contribution is 0.0540. The molecule has 0 saturated heterocycles. The topological polar surface area (TPSA) is 43.2 Å².